The Bertz CT molecular complexity index is 871. The molecule has 0 atom stereocenters. The third-order valence-corrected chi connectivity index (χ3v) is 5.29. The molecule has 1 aliphatic rings. The summed E-state index contributed by atoms with van der Waals surface area (Å²) in [5, 5.41) is 0. The molecule has 0 saturated carbocycles. The summed E-state index contributed by atoms with van der Waals surface area (Å²) in [6, 6.07) is 26.9. The van der Waals surface area contributed by atoms with E-state index in [-0.39, 0.29) is 30.2 Å². The molecule has 1 heterocycles. The molecule has 1 aliphatic heterocycles. The van der Waals surface area contributed by atoms with Crippen LogP contribution in [0.2, 0.25) is 0 Å². The molecule has 0 spiro atoms. The number of hydrogen-bond donors (Lipinski definition) is 0. The summed E-state index contributed by atoms with van der Waals surface area (Å²) in [6.07, 6.45) is 0. The molecule has 0 unspecified atom stereocenters. The molecule has 3 aromatic carbocycles. The summed E-state index contributed by atoms with van der Waals surface area (Å²) >= 11 is 0. The van der Waals surface area contributed by atoms with Gasteiger partial charge in [-0.25, -0.2) is 4.39 Å². The Morgan fingerprint density at radius 1 is 0.724 bits per heavy atom. The van der Waals surface area contributed by atoms with Gasteiger partial charge in [0.15, 0.2) is 0 Å². The van der Waals surface area contributed by atoms with Crippen LogP contribution in [0.25, 0.3) is 0 Å². The number of halogens is 2. The van der Waals surface area contributed by atoms with Crippen LogP contribution in [0.1, 0.15) is 27.5 Å². The average Bonchev–Trinajstić information content (AvgIpc) is 2.76. The highest BCUT2D eigenvalue weighted by Gasteiger charge is 2.28. The van der Waals surface area contributed by atoms with Crippen molar-refractivity contribution < 1.29 is 21.6 Å². The van der Waals surface area contributed by atoms with Crippen LogP contribution in [0.3, 0.4) is 0 Å². The normalized spacial score (nSPS) is 14.5. The number of carbonyl (C=O) groups excluding carboxylic acids is 1. The topological polar surface area (TPSA) is 23.6 Å². The third kappa shape index (κ3) is 4.84. The van der Waals surface area contributed by atoms with E-state index in [9.17, 15) is 9.18 Å². The lowest BCUT2D eigenvalue weighted by atomic mass is 9.96. The zero-order valence-electron chi connectivity index (χ0n) is 16.0. The standard InChI is InChI=1S/C24H23FN2O.ClH/c25-22-13-11-21(12-14-22)24(28)27-17-15-26(16-18-27)23(19-7-3-1-4-8-19)20-9-5-2-6-10-20;/h1-14,23H,15-18H2;1H/p-1. The van der Waals surface area contributed by atoms with E-state index in [0.717, 1.165) is 13.1 Å². The van der Waals surface area contributed by atoms with Crippen molar-refractivity contribution in [3.05, 3.63) is 107 Å². The second-order valence-electron chi connectivity index (χ2n) is 7.06. The van der Waals surface area contributed by atoms with Crippen molar-refractivity contribution in [2.24, 2.45) is 0 Å². The minimum absolute atomic E-state index is 0. The second-order valence-corrected chi connectivity index (χ2v) is 7.06. The van der Waals surface area contributed by atoms with Crippen LogP contribution >= 0.6 is 0 Å². The Morgan fingerprint density at radius 3 is 1.69 bits per heavy atom. The Morgan fingerprint density at radius 2 is 1.21 bits per heavy atom. The van der Waals surface area contributed by atoms with Gasteiger partial charge in [-0.1, -0.05) is 60.7 Å². The van der Waals surface area contributed by atoms with Crippen molar-refractivity contribution in [3.8, 4) is 0 Å². The quantitative estimate of drug-likeness (QED) is 0.650. The molecule has 1 fully saturated rings. The van der Waals surface area contributed by atoms with Crippen molar-refractivity contribution in [3.63, 3.8) is 0 Å². The van der Waals surface area contributed by atoms with Crippen molar-refractivity contribution in [2.75, 3.05) is 26.2 Å². The second kappa shape index (κ2) is 9.68. The molecule has 29 heavy (non-hydrogen) atoms. The van der Waals surface area contributed by atoms with E-state index in [2.05, 4.69) is 53.4 Å². The minimum Gasteiger partial charge on any atom is -1.00 e. The molecule has 3 nitrogen and oxygen atoms in total. The molecule has 0 aromatic heterocycles. The summed E-state index contributed by atoms with van der Waals surface area (Å²) in [5.74, 6) is -0.356. The Kier molecular flexibility index (Phi) is 7.02. The highest BCUT2D eigenvalue weighted by Crippen LogP contribution is 2.29. The van der Waals surface area contributed by atoms with Gasteiger partial charge in [-0.3, -0.25) is 9.69 Å². The first-order valence-electron chi connectivity index (χ1n) is 9.61. The van der Waals surface area contributed by atoms with Crippen molar-refractivity contribution in [1.29, 1.82) is 0 Å². The summed E-state index contributed by atoms with van der Waals surface area (Å²) in [4.78, 5) is 17.0. The van der Waals surface area contributed by atoms with E-state index in [0.29, 0.717) is 18.7 Å². The largest absolute Gasteiger partial charge is 1.00 e. The maximum Gasteiger partial charge on any atom is 0.253 e. The van der Waals surface area contributed by atoms with Crippen LogP contribution in [0.5, 0.6) is 0 Å². The van der Waals surface area contributed by atoms with Gasteiger partial charge in [-0.2, -0.15) is 0 Å². The number of carbonyl (C=O) groups is 1. The number of rotatable bonds is 4. The summed E-state index contributed by atoms with van der Waals surface area (Å²) in [7, 11) is 0. The lowest BCUT2D eigenvalue weighted by molar-refractivity contribution is -0.0000170. The predicted molar refractivity (Wildman–Crippen MR) is 109 cm³/mol. The Balaban J connectivity index is 0.00000240. The fraction of sp³-hybridized carbons (Fsp3) is 0.208. The zero-order valence-corrected chi connectivity index (χ0v) is 16.8. The van der Waals surface area contributed by atoms with Crippen LogP contribution in [-0.2, 0) is 0 Å². The number of hydrogen-bond acceptors (Lipinski definition) is 2. The van der Waals surface area contributed by atoms with E-state index in [1.807, 2.05) is 17.0 Å². The van der Waals surface area contributed by atoms with Crippen LogP contribution in [0, 0.1) is 5.82 Å². The number of amides is 1. The molecular weight excluding hydrogens is 387 g/mol. The summed E-state index contributed by atoms with van der Waals surface area (Å²) < 4.78 is 13.1. The summed E-state index contributed by atoms with van der Waals surface area (Å²) in [6.45, 7) is 2.90. The molecule has 1 amide bonds. The molecule has 0 bridgehead atoms. The van der Waals surface area contributed by atoms with Crippen LogP contribution in [-0.4, -0.2) is 41.9 Å². The third-order valence-electron chi connectivity index (χ3n) is 5.29. The lowest BCUT2D eigenvalue weighted by Gasteiger charge is -2.39. The lowest BCUT2D eigenvalue weighted by Crippen LogP contribution is -3.00. The zero-order chi connectivity index (χ0) is 19.3. The molecular formula is C24H23ClFN2O-. The summed E-state index contributed by atoms with van der Waals surface area (Å²) in [5.41, 5.74) is 3.05. The van der Waals surface area contributed by atoms with Crippen molar-refractivity contribution >= 4 is 5.91 Å². The molecule has 5 heteroatoms. The van der Waals surface area contributed by atoms with Crippen molar-refractivity contribution in [1.82, 2.24) is 9.80 Å². The first kappa shape index (κ1) is 21.0. The van der Waals surface area contributed by atoms with E-state index >= 15 is 0 Å². The average molecular weight is 410 g/mol. The van der Waals surface area contributed by atoms with Gasteiger partial charge >= 0.3 is 0 Å². The van der Waals surface area contributed by atoms with Gasteiger partial charge in [0.1, 0.15) is 5.82 Å². The first-order chi connectivity index (χ1) is 13.7. The molecule has 1 saturated heterocycles. The molecule has 3 aromatic rings. The smallest absolute Gasteiger partial charge is 0.253 e. The van der Waals surface area contributed by atoms with E-state index in [4.69, 9.17) is 0 Å². The monoisotopic (exact) mass is 409 g/mol. The van der Waals surface area contributed by atoms with Gasteiger partial charge in [-0.05, 0) is 35.4 Å². The van der Waals surface area contributed by atoms with Crippen molar-refractivity contribution in [2.45, 2.75) is 6.04 Å². The maximum absolute atomic E-state index is 13.1. The highest BCUT2D eigenvalue weighted by molar-refractivity contribution is 5.94. The van der Waals surface area contributed by atoms with Gasteiger partial charge in [-0.15, -0.1) is 0 Å². The van der Waals surface area contributed by atoms with Crippen LogP contribution in [0.15, 0.2) is 84.9 Å². The van der Waals surface area contributed by atoms with Crippen LogP contribution < -0.4 is 12.4 Å². The van der Waals surface area contributed by atoms with Crippen LogP contribution in [0.4, 0.5) is 4.39 Å². The number of benzene rings is 3. The molecule has 0 radical (unpaired) electrons. The predicted octanol–water partition coefficient (Wildman–Crippen LogP) is 1.38. The molecule has 4 rings (SSSR count). The highest BCUT2D eigenvalue weighted by atomic mass is 35.5. The number of piperazine rings is 1. The van der Waals surface area contributed by atoms with E-state index in [1.165, 1.54) is 23.3 Å². The Hall–Kier alpha value is -2.69. The number of nitrogens with zero attached hydrogens (tertiary/aromatic N) is 2. The van der Waals surface area contributed by atoms with E-state index in [1.54, 1.807) is 12.1 Å². The Labute approximate surface area is 177 Å². The molecule has 150 valence electrons. The minimum atomic E-state index is -0.324. The fourth-order valence-electron chi connectivity index (χ4n) is 3.84. The van der Waals surface area contributed by atoms with Gasteiger partial charge < -0.3 is 17.3 Å². The maximum atomic E-state index is 13.1. The molecule has 0 aliphatic carbocycles. The van der Waals surface area contributed by atoms with E-state index < -0.39 is 0 Å². The fourth-order valence-corrected chi connectivity index (χ4v) is 3.84. The van der Waals surface area contributed by atoms with Gasteiger partial charge in [0.25, 0.3) is 5.91 Å². The van der Waals surface area contributed by atoms with Gasteiger partial charge in [0, 0.05) is 31.7 Å². The van der Waals surface area contributed by atoms with Gasteiger partial charge in [0.2, 0.25) is 0 Å². The first-order valence-corrected chi connectivity index (χ1v) is 9.61. The van der Waals surface area contributed by atoms with Gasteiger partial charge in [0.05, 0.1) is 6.04 Å². The molecule has 0 N–H and O–H groups in total. The SMILES string of the molecule is O=C(c1ccc(F)cc1)N1CCN(C(c2ccccc2)c2ccccc2)CC1.[Cl-].